The fraction of sp³-hybridized carbons (Fsp3) is 0.105. The fourth-order valence-corrected chi connectivity index (χ4v) is 4.02. The van der Waals surface area contributed by atoms with E-state index in [1.807, 2.05) is 0 Å². The van der Waals surface area contributed by atoms with Crippen LogP contribution in [0.25, 0.3) is 6.08 Å². The van der Waals surface area contributed by atoms with Crippen molar-refractivity contribution in [3.05, 3.63) is 62.5 Å². The van der Waals surface area contributed by atoms with Gasteiger partial charge in [0.15, 0.2) is 11.5 Å². The number of amides is 2. The highest BCUT2D eigenvalue weighted by molar-refractivity contribution is 9.10. The topological polar surface area (TPSA) is 79.6 Å². The quantitative estimate of drug-likeness (QED) is 0.659. The summed E-state index contributed by atoms with van der Waals surface area (Å²) in [6.45, 7) is 0.216. The number of ether oxygens (including phenoxy) is 2. The van der Waals surface area contributed by atoms with Crippen LogP contribution < -0.4 is 9.47 Å². The molecule has 0 aliphatic carbocycles. The molecule has 1 saturated heterocycles. The van der Waals surface area contributed by atoms with Gasteiger partial charge in [-0.15, -0.1) is 0 Å². The molecular weight excluding hydrogens is 432 g/mol. The van der Waals surface area contributed by atoms with Gasteiger partial charge in [-0.25, -0.2) is 0 Å². The summed E-state index contributed by atoms with van der Waals surface area (Å²) in [5.74, 6) is 0.828. The summed E-state index contributed by atoms with van der Waals surface area (Å²) in [6, 6.07) is 12.5. The van der Waals surface area contributed by atoms with E-state index in [4.69, 9.17) is 9.47 Å². The molecule has 0 unspecified atom stereocenters. The Balaban J connectivity index is 1.62. The third-order valence-electron chi connectivity index (χ3n) is 4.12. The van der Waals surface area contributed by atoms with Gasteiger partial charge >= 0.3 is 0 Å². The molecule has 0 aromatic heterocycles. The van der Waals surface area contributed by atoms with Gasteiger partial charge in [-0.2, -0.15) is 5.26 Å². The highest BCUT2D eigenvalue weighted by atomic mass is 79.9. The lowest BCUT2D eigenvalue weighted by Gasteiger charge is -2.13. The molecule has 2 aromatic carbocycles. The van der Waals surface area contributed by atoms with E-state index in [0.29, 0.717) is 33.1 Å². The van der Waals surface area contributed by atoms with E-state index in [-0.39, 0.29) is 24.5 Å². The average molecular weight is 443 g/mol. The molecule has 2 heterocycles. The van der Waals surface area contributed by atoms with Crippen LogP contribution in [0.3, 0.4) is 0 Å². The molecule has 2 amide bonds. The van der Waals surface area contributed by atoms with Crippen LogP contribution in [0.1, 0.15) is 16.7 Å². The van der Waals surface area contributed by atoms with Crippen LogP contribution in [-0.4, -0.2) is 22.8 Å². The SMILES string of the molecule is N#Cc1ccccc1CN1C(=O)S/C(=C/c2cc3c(cc2Br)OCO3)C1=O. The molecule has 0 saturated carbocycles. The first kappa shape index (κ1) is 17.6. The lowest BCUT2D eigenvalue weighted by Crippen LogP contribution is -2.27. The van der Waals surface area contributed by atoms with E-state index in [1.54, 1.807) is 42.5 Å². The molecule has 2 aromatic rings. The maximum absolute atomic E-state index is 12.7. The Morgan fingerprint density at radius 2 is 1.96 bits per heavy atom. The molecule has 0 bridgehead atoms. The molecule has 0 radical (unpaired) electrons. The molecule has 27 heavy (non-hydrogen) atoms. The second kappa shape index (κ2) is 7.10. The zero-order valence-corrected chi connectivity index (χ0v) is 16.2. The largest absolute Gasteiger partial charge is 0.454 e. The van der Waals surface area contributed by atoms with Crippen molar-refractivity contribution >= 4 is 44.9 Å². The minimum absolute atomic E-state index is 0.0635. The Morgan fingerprint density at radius 3 is 2.74 bits per heavy atom. The predicted molar refractivity (Wildman–Crippen MR) is 103 cm³/mol. The highest BCUT2D eigenvalue weighted by Gasteiger charge is 2.35. The van der Waals surface area contributed by atoms with Crippen molar-refractivity contribution in [3.63, 3.8) is 0 Å². The van der Waals surface area contributed by atoms with E-state index >= 15 is 0 Å². The van der Waals surface area contributed by atoms with Crippen molar-refractivity contribution < 1.29 is 19.1 Å². The molecule has 2 aliphatic heterocycles. The molecule has 4 rings (SSSR count). The van der Waals surface area contributed by atoms with Gasteiger partial charge in [-0.1, -0.05) is 34.1 Å². The van der Waals surface area contributed by atoms with E-state index < -0.39 is 0 Å². The predicted octanol–water partition coefficient (Wildman–Crippen LogP) is 4.29. The van der Waals surface area contributed by atoms with Crippen molar-refractivity contribution in [2.75, 3.05) is 6.79 Å². The van der Waals surface area contributed by atoms with Crippen LogP contribution in [0.5, 0.6) is 11.5 Å². The monoisotopic (exact) mass is 442 g/mol. The lowest BCUT2D eigenvalue weighted by molar-refractivity contribution is -0.123. The van der Waals surface area contributed by atoms with Crippen LogP contribution in [0, 0.1) is 11.3 Å². The first-order valence-electron chi connectivity index (χ1n) is 7.89. The zero-order valence-electron chi connectivity index (χ0n) is 13.8. The van der Waals surface area contributed by atoms with Gasteiger partial charge in [0.1, 0.15) is 0 Å². The third kappa shape index (κ3) is 3.31. The zero-order chi connectivity index (χ0) is 19.0. The van der Waals surface area contributed by atoms with E-state index in [0.717, 1.165) is 21.1 Å². The molecule has 134 valence electrons. The number of nitriles is 1. The number of carbonyl (C=O) groups is 2. The van der Waals surface area contributed by atoms with Gasteiger partial charge in [0.05, 0.1) is 23.1 Å². The molecule has 2 aliphatic rings. The van der Waals surface area contributed by atoms with Crippen molar-refractivity contribution in [1.29, 1.82) is 5.26 Å². The Labute approximate surface area is 167 Å². The smallest absolute Gasteiger partial charge is 0.293 e. The Bertz CT molecular complexity index is 1040. The maximum atomic E-state index is 12.7. The Kier molecular flexibility index (Phi) is 4.64. The summed E-state index contributed by atoms with van der Waals surface area (Å²) >= 11 is 4.32. The number of halogens is 1. The second-order valence-corrected chi connectivity index (χ2v) is 7.61. The minimum Gasteiger partial charge on any atom is -0.454 e. The number of fused-ring (bicyclic) bond motifs is 1. The normalized spacial score (nSPS) is 16.9. The van der Waals surface area contributed by atoms with Crippen molar-refractivity contribution in [2.45, 2.75) is 6.54 Å². The molecule has 8 heteroatoms. The number of hydrogen-bond acceptors (Lipinski definition) is 6. The molecule has 0 spiro atoms. The standard InChI is InChI=1S/C19H11BrN2O4S/c20-14-7-16-15(25-10-26-16)5-13(14)6-17-18(23)22(19(24)27-17)9-12-4-2-1-3-11(12)8-21/h1-7H,9-10H2/b17-6+. The molecular formula is C19H11BrN2O4S. The number of rotatable bonds is 3. The number of imide groups is 1. The summed E-state index contributed by atoms with van der Waals surface area (Å²) in [5, 5.41) is 8.83. The summed E-state index contributed by atoms with van der Waals surface area (Å²) in [5.41, 5.74) is 1.79. The summed E-state index contributed by atoms with van der Waals surface area (Å²) < 4.78 is 11.4. The van der Waals surface area contributed by atoms with Crippen molar-refractivity contribution in [3.8, 4) is 17.6 Å². The summed E-state index contributed by atoms with van der Waals surface area (Å²) in [6.07, 6.45) is 1.65. The van der Waals surface area contributed by atoms with Crippen LogP contribution in [0.4, 0.5) is 4.79 Å². The summed E-state index contributed by atoms with van der Waals surface area (Å²) in [4.78, 5) is 26.5. The average Bonchev–Trinajstić information content (AvgIpc) is 3.21. The third-order valence-corrected chi connectivity index (χ3v) is 5.71. The van der Waals surface area contributed by atoms with Gasteiger partial charge in [0.25, 0.3) is 11.1 Å². The van der Waals surface area contributed by atoms with E-state index in [2.05, 4.69) is 22.0 Å². The van der Waals surface area contributed by atoms with Crippen molar-refractivity contribution in [2.24, 2.45) is 0 Å². The maximum Gasteiger partial charge on any atom is 0.293 e. The number of nitrogens with zero attached hydrogens (tertiary/aromatic N) is 2. The van der Waals surface area contributed by atoms with Gasteiger partial charge in [-0.3, -0.25) is 14.5 Å². The van der Waals surface area contributed by atoms with Gasteiger partial charge in [-0.05, 0) is 47.2 Å². The van der Waals surface area contributed by atoms with E-state index in [1.165, 1.54) is 0 Å². The highest BCUT2D eigenvalue weighted by Crippen LogP contribution is 2.40. The first-order chi connectivity index (χ1) is 13.1. The summed E-state index contributed by atoms with van der Waals surface area (Å²) in [7, 11) is 0. The van der Waals surface area contributed by atoms with Crippen LogP contribution >= 0.6 is 27.7 Å². The first-order valence-corrected chi connectivity index (χ1v) is 9.50. The molecule has 1 fully saturated rings. The van der Waals surface area contributed by atoms with Gasteiger partial charge in [0.2, 0.25) is 6.79 Å². The van der Waals surface area contributed by atoms with Crippen molar-refractivity contribution in [1.82, 2.24) is 4.90 Å². The van der Waals surface area contributed by atoms with Crippen LogP contribution in [0.2, 0.25) is 0 Å². The number of thioether (sulfide) groups is 1. The van der Waals surface area contributed by atoms with Crippen LogP contribution in [-0.2, 0) is 11.3 Å². The molecule has 0 N–H and O–H groups in total. The molecule has 6 nitrogen and oxygen atoms in total. The fourth-order valence-electron chi connectivity index (χ4n) is 2.76. The van der Waals surface area contributed by atoms with E-state index in [9.17, 15) is 14.9 Å². The Hall–Kier alpha value is -2.76. The number of carbonyl (C=O) groups excluding carboxylic acids is 2. The molecule has 0 atom stereocenters. The van der Waals surface area contributed by atoms with Gasteiger partial charge < -0.3 is 9.47 Å². The lowest BCUT2D eigenvalue weighted by atomic mass is 10.1. The Morgan fingerprint density at radius 1 is 1.22 bits per heavy atom. The second-order valence-electron chi connectivity index (χ2n) is 5.76. The van der Waals surface area contributed by atoms with Gasteiger partial charge in [0, 0.05) is 4.47 Å². The van der Waals surface area contributed by atoms with Crippen LogP contribution in [0.15, 0.2) is 45.8 Å². The number of benzene rings is 2. The number of hydrogen-bond donors (Lipinski definition) is 0. The minimum atomic E-state index is -0.387.